The highest BCUT2D eigenvalue weighted by Gasteiger charge is 2.27. The van der Waals surface area contributed by atoms with Crippen LogP contribution >= 0.6 is 0 Å². The maximum atomic E-state index is 11.0. The molecular weight excluding hydrogens is 228 g/mol. The SMILES string of the molecule is CNC1COCC1CN(C)CCS(C)(=O)=O. The van der Waals surface area contributed by atoms with Crippen molar-refractivity contribution in [3.05, 3.63) is 0 Å². The summed E-state index contributed by atoms with van der Waals surface area (Å²) in [6.07, 6.45) is 1.27. The first-order valence-corrected chi connectivity index (χ1v) is 7.59. The zero-order chi connectivity index (χ0) is 12.2. The lowest BCUT2D eigenvalue weighted by molar-refractivity contribution is 0.174. The standard InChI is InChI=1S/C10H22N2O3S/c1-11-10-8-15-7-9(10)6-12(2)4-5-16(3,13)14/h9-11H,4-8H2,1-3H3. The predicted molar refractivity (Wildman–Crippen MR) is 64.4 cm³/mol. The Bertz CT molecular complexity index is 305. The summed E-state index contributed by atoms with van der Waals surface area (Å²) < 4.78 is 27.5. The zero-order valence-corrected chi connectivity index (χ0v) is 11.1. The predicted octanol–water partition coefficient (Wildman–Crippen LogP) is -0.803. The van der Waals surface area contributed by atoms with Gasteiger partial charge in [-0.3, -0.25) is 0 Å². The first kappa shape index (κ1) is 13.9. The van der Waals surface area contributed by atoms with Gasteiger partial charge in [0.2, 0.25) is 0 Å². The van der Waals surface area contributed by atoms with Crippen LogP contribution in [0.1, 0.15) is 0 Å². The van der Waals surface area contributed by atoms with Crippen LogP contribution in [0, 0.1) is 5.92 Å². The normalized spacial score (nSPS) is 26.5. The van der Waals surface area contributed by atoms with Gasteiger partial charge in [0.25, 0.3) is 0 Å². The average Bonchev–Trinajstić information content (AvgIpc) is 2.61. The highest BCUT2D eigenvalue weighted by molar-refractivity contribution is 7.90. The lowest BCUT2D eigenvalue weighted by Gasteiger charge is -2.23. The first-order valence-electron chi connectivity index (χ1n) is 5.53. The molecule has 1 saturated heterocycles. The molecule has 16 heavy (non-hydrogen) atoms. The van der Waals surface area contributed by atoms with Crippen LogP contribution in [0.4, 0.5) is 0 Å². The third-order valence-electron chi connectivity index (χ3n) is 2.96. The van der Waals surface area contributed by atoms with Crippen LogP contribution in [0.2, 0.25) is 0 Å². The second kappa shape index (κ2) is 5.95. The molecule has 96 valence electrons. The molecule has 0 aromatic heterocycles. The molecule has 0 aromatic rings. The topological polar surface area (TPSA) is 58.6 Å². The Morgan fingerprint density at radius 3 is 2.69 bits per heavy atom. The van der Waals surface area contributed by atoms with E-state index in [0.29, 0.717) is 18.5 Å². The minimum atomic E-state index is -2.86. The van der Waals surface area contributed by atoms with Gasteiger partial charge in [0.05, 0.1) is 19.0 Å². The van der Waals surface area contributed by atoms with Gasteiger partial charge in [0.1, 0.15) is 9.84 Å². The maximum Gasteiger partial charge on any atom is 0.148 e. The van der Waals surface area contributed by atoms with Gasteiger partial charge in [-0.05, 0) is 14.1 Å². The summed E-state index contributed by atoms with van der Waals surface area (Å²) in [5.74, 6) is 0.677. The molecule has 0 radical (unpaired) electrons. The summed E-state index contributed by atoms with van der Waals surface area (Å²) in [4.78, 5) is 2.06. The third-order valence-corrected chi connectivity index (χ3v) is 3.88. The van der Waals surface area contributed by atoms with E-state index >= 15 is 0 Å². The summed E-state index contributed by atoms with van der Waals surface area (Å²) >= 11 is 0. The van der Waals surface area contributed by atoms with Crippen molar-refractivity contribution in [3.63, 3.8) is 0 Å². The molecule has 2 unspecified atom stereocenters. The fraction of sp³-hybridized carbons (Fsp3) is 1.00. The molecule has 0 amide bonds. The Hall–Kier alpha value is -0.170. The number of likely N-dealkylation sites (N-methyl/N-ethyl adjacent to an activating group) is 1. The average molecular weight is 250 g/mol. The Balaban J connectivity index is 2.31. The minimum absolute atomic E-state index is 0.224. The van der Waals surface area contributed by atoms with Crippen molar-refractivity contribution in [3.8, 4) is 0 Å². The second-order valence-corrected chi connectivity index (χ2v) is 6.84. The summed E-state index contributed by atoms with van der Waals surface area (Å²) in [6.45, 7) is 2.97. The minimum Gasteiger partial charge on any atom is -0.379 e. The Morgan fingerprint density at radius 2 is 2.12 bits per heavy atom. The van der Waals surface area contributed by atoms with E-state index < -0.39 is 9.84 Å². The Kier molecular flexibility index (Phi) is 5.17. The lowest BCUT2D eigenvalue weighted by atomic mass is 10.0. The lowest BCUT2D eigenvalue weighted by Crippen LogP contribution is -2.40. The summed E-state index contributed by atoms with van der Waals surface area (Å²) in [7, 11) is 1.03. The summed E-state index contributed by atoms with van der Waals surface area (Å²) in [6, 6.07) is 0.390. The molecule has 1 aliphatic rings. The molecular formula is C10H22N2O3S. The van der Waals surface area contributed by atoms with Gasteiger partial charge in [-0.25, -0.2) is 8.42 Å². The Morgan fingerprint density at radius 1 is 1.44 bits per heavy atom. The molecule has 0 aliphatic carbocycles. The molecule has 0 bridgehead atoms. The quantitative estimate of drug-likeness (QED) is 0.669. The molecule has 5 nitrogen and oxygen atoms in total. The number of nitrogens with one attached hydrogen (secondary N) is 1. The van der Waals surface area contributed by atoms with Gasteiger partial charge < -0.3 is 15.0 Å². The molecule has 6 heteroatoms. The van der Waals surface area contributed by atoms with E-state index in [2.05, 4.69) is 10.2 Å². The van der Waals surface area contributed by atoms with Gasteiger partial charge in [0.15, 0.2) is 0 Å². The van der Waals surface area contributed by atoms with E-state index in [1.54, 1.807) is 0 Å². The molecule has 0 aromatic carbocycles. The largest absolute Gasteiger partial charge is 0.379 e. The van der Waals surface area contributed by atoms with Gasteiger partial charge in [-0.15, -0.1) is 0 Å². The summed E-state index contributed by atoms with van der Waals surface area (Å²) in [5, 5.41) is 3.22. The van der Waals surface area contributed by atoms with Crippen LogP contribution in [0.25, 0.3) is 0 Å². The molecule has 1 rings (SSSR count). The van der Waals surface area contributed by atoms with Crippen LogP contribution in [0.5, 0.6) is 0 Å². The maximum absolute atomic E-state index is 11.0. The van der Waals surface area contributed by atoms with E-state index in [1.165, 1.54) is 6.26 Å². The van der Waals surface area contributed by atoms with Crippen LogP contribution < -0.4 is 5.32 Å². The molecule has 1 N–H and O–H groups in total. The molecule has 1 aliphatic heterocycles. The van der Waals surface area contributed by atoms with E-state index in [-0.39, 0.29) is 5.75 Å². The fourth-order valence-electron chi connectivity index (χ4n) is 1.91. The molecule has 0 saturated carbocycles. The van der Waals surface area contributed by atoms with Gasteiger partial charge >= 0.3 is 0 Å². The Labute approximate surface area is 98.1 Å². The number of hydrogen-bond donors (Lipinski definition) is 1. The van der Waals surface area contributed by atoms with Crippen molar-refractivity contribution in [2.24, 2.45) is 5.92 Å². The number of hydrogen-bond acceptors (Lipinski definition) is 5. The van der Waals surface area contributed by atoms with Crippen LogP contribution in [-0.2, 0) is 14.6 Å². The van der Waals surface area contributed by atoms with Crippen molar-refractivity contribution >= 4 is 9.84 Å². The van der Waals surface area contributed by atoms with Crippen molar-refractivity contribution in [2.75, 3.05) is 52.4 Å². The highest BCUT2D eigenvalue weighted by Crippen LogP contribution is 2.14. The van der Waals surface area contributed by atoms with Gasteiger partial charge in [-0.1, -0.05) is 0 Å². The van der Waals surface area contributed by atoms with Crippen LogP contribution in [-0.4, -0.2) is 71.8 Å². The van der Waals surface area contributed by atoms with Gasteiger partial charge in [-0.2, -0.15) is 0 Å². The number of ether oxygens (including phenoxy) is 1. The van der Waals surface area contributed by atoms with Crippen molar-refractivity contribution in [1.29, 1.82) is 0 Å². The third kappa shape index (κ3) is 4.78. The van der Waals surface area contributed by atoms with E-state index in [1.807, 2.05) is 14.1 Å². The number of sulfone groups is 1. The van der Waals surface area contributed by atoms with Crippen molar-refractivity contribution < 1.29 is 13.2 Å². The van der Waals surface area contributed by atoms with Crippen molar-refractivity contribution in [2.45, 2.75) is 6.04 Å². The number of rotatable bonds is 6. The highest BCUT2D eigenvalue weighted by atomic mass is 32.2. The van der Waals surface area contributed by atoms with Crippen molar-refractivity contribution in [1.82, 2.24) is 10.2 Å². The zero-order valence-electron chi connectivity index (χ0n) is 10.3. The molecule has 1 fully saturated rings. The first-order chi connectivity index (χ1) is 7.42. The molecule has 1 heterocycles. The van der Waals surface area contributed by atoms with E-state index in [9.17, 15) is 8.42 Å². The van der Waals surface area contributed by atoms with Crippen LogP contribution in [0.3, 0.4) is 0 Å². The second-order valence-electron chi connectivity index (χ2n) is 4.58. The summed E-state index contributed by atoms with van der Waals surface area (Å²) in [5.41, 5.74) is 0. The fourth-order valence-corrected chi connectivity index (χ4v) is 2.55. The van der Waals surface area contributed by atoms with Gasteiger partial charge in [0, 0.05) is 31.3 Å². The monoisotopic (exact) mass is 250 g/mol. The smallest absolute Gasteiger partial charge is 0.148 e. The van der Waals surface area contributed by atoms with Crippen LogP contribution in [0.15, 0.2) is 0 Å². The molecule has 0 spiro atoms. The van der Waals surface area contributed by atoms with E-state index in [0.717, 1.165) is 19.8 Å². The molecule has 2 atom stereocenters. The van der Waals surface area contributed by atoms with E-state index in [4.69, 9.17) is 4.74 Å². The number of nitrogens with zero attached hydrogens (tertiary/aromatic N) is 1.